The van der Waals surface area contributed by atoms with Gasteiger partial charge in [-0.1, -0.05) is 125 Å². The molecular formula is C102H186N16O16. The zero-order valence-electron chi connectivity index (χ0n) is 87.3. The van der Waals surface area contributed by atoms with Crippen molar-refractivity contribution >= 4 is 47.4 Å². The molecule has 13 heterocycles. The summed E-state index contributed by atoms with van der Waals surface area (Å²) in [7, 11) is 3.00. The van der Waals surface area contributed by atoms with Gasteiger partial charge in [0.15, 0.2) is 0 Å². The second-order valence-corrected chi connectivity index (χ2v) is 47.4. The van der Waals surface area contributed by atoms with Crippen molar-refractivity contribution in [2.45, 2.75) is 296 Å². The molecule has 0 aliphatic carbocycles. The molecule has 13 rings (SSSR count). The topological polar surface area (TPSA) is 307 Å². The Morgan fingerprint density at radius 1 is 0.358 bits per heavy atom. The summed E-state index contributed by atoms with van der Waals surface area (Å²) in [5.41, 5.74) is 1.71. The summed E-state index contributed by atoms with van der Waals surface area (Å²) in [6.07, 6.45) is 18.1. The molecule has 11 fully saturated rings. The summed E-state index contributed by atoms with van der Waals surface area (Å²) in [5, 5.41) is 32.3. The van der Waals surface area contributed by atoms with E-state index in [4.69, 9.17) is 23.7 Å². The van der Waals surface area contributed by atoms with Gasteiger partial charge in [0.1, 0.15) is 6.61 Å². The first-order valence-electron chi connectivity index (χ1n) is 51.5. The van der Waals surface area contributed by atoms with Crippen molar-refractivity contribution in [2.75, 3.05) is 250 Å². The minimum atomic E-state index is -0.222. The maximum atomic E-state index is 12.3. The van der Waals surface area contributed by atoms with Crippen LogP contribution in [0.15, 0.2) is 12.3 Å². The second-order valence-electron chi connectivity index (χ2n) is 47.4. The molecule has 1 aromatic heterocycles. The van der Waals surface area contributed by atoms with Crippen LogP contribution in [0.1, 0.15) is 246 Å². The number of nitrogens with zero attached hydrogens (tertiary/aromatic N) is 16. The number of fused-ring (bicyclic) bond motifs is 1. The Morgan fingerprint density at radius 2 is 0.679 bits per heavy atom. The van der Waals surface area contributed by atoms with E-state index in [1.165, 1.54) is 12.8 Å². The average molecular weight is 1890 g/mol. The molecule has 0 radical (unpaired) electrons. The monoisotopic (exact) mass is 1890 g/mol. The molecule has 3 atom stereocenters. The predicted molar refractivity (Wildman–Crippen MR) is 525 cm³/mol. The standard InChI is InChI=1S/C19H35N3O3.C18H33N3O3.C17H28N4O.3C16H30N2O3/c1-19(2,3)13-17(23)21-7-5-16(6-8-21)14-20-9-11-22(12-10-20)18(24)15-25-4;1-18(2,3)13-16(22)20-7-5-15(6-8-20)14-19-9-11-21(12-10-19)17(23)24-4;1-17(2,3)12-16(22)19-8-5-14(6-9-19)20-10-11-21-15(13-20)4-7-18-21;1-16(2,3)10-15(20)17-6-4-13(5-7-17)18-8-9-21-12-14(18)11-19;2*1-16(2,3)10-15(20)17-6-4-13(5-7-17)18-8-9-21-14(11-18)12-19/h16H,5-15H2,1-4H3;15H,5-14H2,1-4H3;4,7,14H,5-6,8-13H2,1-3H3;3*13-14,19H,4-12H2,1-3H3/t;;;;2*14-/m....10/s1. The van der Waals surface area contributed by atoms with Crippen molar-refractivity contribution in [3.05, 3.63) is 18.0 Å². The number of amides is 8. The van der Waals surface area contributed by atoms with E-state index in [1.54, 1.807) is 12.0 Å². The molecule has 12 aliphatic heterocycles. The number of aliphatic hydroxyl groups is 3. The number of ether oxygens (including phenoxy) is 5. The van der Waals surface area contributed by atoms with Gasteiger partial charge >= 0.3 is 6.09 Å². The first-order valence-corrected chi connectivity index (χ1v) is 51.5. The van der Waals surface area contributed by atoms with Crippen LogP contribution in [0.4, 0.5) is 4.79 Å². The zero-order chi connectivity index (χ0) is 98.3. The number of piperazine rings is 2. The largest absolute Gasteiger partial charge is 0.453 e. The number of hydrogen-bond acceptors (Lipinski definition) is 23. The van der Waals surface area contributed by atoms with Gasteiger partial charge in [-0.3, -0.25) is 67.6 Å². The van der Waals surface area contributed by atoms with E-state index < -0.39 is 0 Å². The van der Waals surface area contributed by atoms with Crippen molar-refractivity contribution in [3.63, 3.8) is 0 Å². The summed E-state index contributed by atoms with van der Waals surface area (Å²) in [4.78, 5) is 128. The highest BCUT2D eigenvalue weighted by molar-refractivity contribution is 5.80. The van der Waals surface area contributed by atoms with Gasteiger partial charge in [-0.05, 0) is 127 Å². The minimum absolute atomic E-state index is 0.0423. The molecular weight excluding hydrogens is 1710 g/mol. The molecule has 32 heteroatoms. The highest BCUT2D eigenvalue weighted by Crippen LogP contribution is 2.33. The number of rotatable bonds is 19. The lowest BCUT2D eigenvalue weighted by atomic mass is 9.90. The fraction of sp³-hybridized carbons (Fsp3) is 0.892. The molecule has 134 heavy (non-hydrogen) atoms. The van der Waals surface area contributed by atoms with E-state index in [2.05, 4.69) is 175 Å². The number of hydrogen-bond donors (Lipinski definition) is 3. The molecule has 0 saturated carbocycles. The number of methoxy groups -OCH3 is 2. The third-order valence-corrected chi connectivity index (χ3v) is 28.1. The summed E-state index contributed by atoms with van der Waals surface area (Å²) < 4.78 is 28.3. The molecule has 770 valence electrons. The highest BCUT2D eigenvalue weighted by Gasteiger charge is 2.40. The molecule has 8 amide bonds. The number of carbonyl (C=O) groups is 8. The van der Waals surface area contributed by atoms with Crippen LogP contribution in [0.25, 0.3) is 0 Å². The van der Waals surface area contributed by atoms with E-state index in [1.807, 2.05) is 35.6 Å². The second kappa shape index (κ2) is 54.3. The molecule has 11 saturated heterocycles. The smallest absolute Gasteiger partial charge is 0.409 e. The van der Waals surface area contributed by atoms with Crippen LogP contribution in [0.3, 0.4) is 0 Å². The summed E-state index contributed by atoms with van der Waals surface area (Å²) in [6, 6.07) is 4.39. The van der Waals surface area contributed by atoms with Gasteiger partial charge in [-0.15, -0.1) is 0 Å². The Bertz CT molecular complexity index is 3570. The Morgan fingerprint density at radius 3 is 1.00 bits per heavy atom. The first kappa shape index (κ1) is 114. The van der Waals surface area contributed by atoms with Crippen molar-refractivity contribution in [1.82, 2.24) is 78.4 Å². The van der Waals surface area contributed by atoms with Gasteiger partial charge in [0, 0.05) is 266 Å². The number of piperidine rings is 6. The number of carbonyl (C=O) groups excluding carboxylic acids is 8. The average Bonchev–Trinajstić information content (AvgIpc) is 1.68. The molecule has 32 nitrogen and oxygen atoms in total. The third-order valence-electron chi connectivity index (χ3n) is 28.1. The number of aromatic nitrogens is 2. The quantitative estimate of drug-likeness (QED) is 0.116. The molecule has 12 aliphatic rings. The maximum Gasteiger partial charge on any atom is 0.409 e. The van der Waals surface area contributed by atoms with Crippen LogP contribution in [0, 0.1) is 44.3 Å². The van der Waals surface area contributed by atoms with Gasteiger partial charge in [-0.25, -0.2) is 4.79 Å². The minimum Gasteiger partial charge on any atom is -0.453 e. The van der Waals surface area contributed by atoms with Crippen LogP contribution < -0.4 is 0 Å². The van der Waals surface area contributed by atoms with E-state index in [0.717, 1.165) is 280 Å². The van der Waals surface area contributed by atoms with E-state index >= 15 is 0 Å². The van der Waals surface area contributed by atoms with Crippen molar-refractivity contribution in [3.8, 4) is 0 Å². The van der Waals surface area contributed by atoms with E-state index in [9.17, 15) is 53.7 Å². The van der Waals surface area contributed by atoms with Crippen LogP contribution in [0.5, 0.6) is 0 Å². The molecule has 3 N–H and O–H groups in total. The molecule has 1 aromatic rings. The van der Waals surface area contributed by atoms with Crippen LogP contribution in [0.2, 0.25) is 0 Å². The third kappa shape index (κ3) is 40.5. The van der Waals surface area contributed by atoms with Gasteiger partial charge < -0.3 is 78.2 Å². The fourth-order valence-electron chi connectivity index (χ4n) is 20.6. The van der Waals surface area contributed by atoms with Crippen molar-refractivity contribution in [1.29, 1.82) is 0 Å². The van der Waals surface area contributed by atoms with Gasteiger partial charge in [0.2, 0.25) is 41.4 Å². The van der Waals surface area contributed by atoms with Crippen LogP contribution in [-0.4, -0.2) is 434 Å². The molecule has 0 aromatic carbocycles. The predicted octanol–water partition coefficient (Wildman–Crippen LogP) is 8.94. The van der Waals surface area contributed by atoms with Crippen molar-refractivity contribution < 1.29 is 77.4 Å². The SMILES string of the molecule is CC(C)(C)CC(=O)N1CCC(N2CCOCC2CO)CC1.CC(C)(C)CC(=O)N1CCC(N2CCO[C@@H](CO)C2)CC1.CC(C)(C)CC(=O)N1CCC(N2CCO[C@H](CO)C2)CC1.CC(C)(C)CC(=O)N1CCC(N2CCn3nccc3C2)CC1.COC(=O)N1CCN(CC2CCN(C(=O)CC(C)(C)C)CC2)CC1.COCC(=O)N1CCN(CC2CCN(C(=O)CC(C)(C)C)CC2)CC1. The maximum absolute atomic E-state index is 12.3. The van der Waals surface area contributed by atoms with Crippen molar-refractivity contribution in [2.24, 2.45) is 44.3 Å². The normalized spacial score (nSPS) is 23.4. The Kier molecular flexibility index (Phi) is 46.0. The summed E-state index contributed by atoms with van der Waals surface area (Å²) >= 11 is 0. The highest BCUT2D eigenvalue weighted by atomic mass is 16.5. The van der Waals surface area contributed by atoms with E-state index in [0.29, 0.717) is 112 Å². The number of likely N-dealkylation sites (tertiary alicyclic amines) is 6. The lowest BCUT2D eigenvalue weighted by molar-refractivity contribution is -0.137. The van der Waals surface area contributed by atoms with Gasteiger partial charge in [0.25, 0.3) is 0 Å². The fourth-order valence-corrected chi connectivity index (χ4v) is 20.6. The zero-order valence-corrected chi connectivity index (χ0v) is 87.3. The molecule has 1 unspecified atom stereocenters. The van der Waals surface area contributed by atoms with Gasteiger partial charge in [-0.2, -0.15) is 5.10 Å². The van der Waals surface area contributed by atoms with Crippen LogP contribution in [-0.2, 0) is 70.3 Å². The Hall–Kier alpha value is -5.75. The molecule has 0 bridgehead atoms. The van der Waals surface area contributed by atoms with E-state index in [-0.39, 0.29) is 107 Å². The van der Waals surface area contributed by atoms with Gasteiger partial charge in [0.05, 0.1) is 83.8 Å². The number of morpholine rings is 3. The lowest BCUT2D eigenvalue weighted by Crippen LogP contribution is -2.55. The lowest BCUT2D eigenvalue weighted by Gasteiger charge is -2.44. The summed E-state index contributed by atoms with van der Waals surface area (Å²) in [5.74, 6) is 3.20. The molecule has 0 spiro atoms. The Labute approximate surface area is 807 Å². The first-order chi connectivity index (χ1) is 63.2. The summed E-state index contributed by atoms with van der Waals surface area (Å²) in [6.45, 7) is 68.4. The van der Waals surface area contributed by atoms with Crippen LogP contribution >= 0.6 is 0 Å². The Balaban J connectivity index is 0.000000198. The number of aliphatic hydroxyl groups excluding tert-OH is 3.